The first-order valence-corrected chi connectivity index (χ1v) is 35.9. The molecule has 0 fully saturated rings. The van der Waals surface area contributed by atoms with Crippen molar-refractivity contribution in [1.29, 1.82) is 0 Å². The number of carbonyl (C=O) groups excluding carboxylic acids is 2. The number of rotatable bonds is 65. The normalized spacial score (nSPS) is 13.1. The molecule has 0 aromatic heterocycles. The second kappa shape index (κ2) is 74.0. The third-order valence-corrected chi connectivity index (χ3v) is 15.4. The predicted octanol–water partition coefficient (Wildman–Crippen LogP) is 25.3. The maximum Gasteiger partial charge on any atom is 0.306 e. The monoisotopic (exact) mass is 1180 g/mol. The lowest BCUT2D eigenvalue weighted by molar-refractivity contribution is -0.161. The second-order valence-electron chi connectivity index (χ2n) is 23.6. The third kappa shape index (κ3) is 72.2. The number of aliphatic hydroxyl groups excluding tert-OH is 1. The Labute approximate surface area is 527 Å². The first-order valence-electron chi connectivity index (χ1n) is 35.9. The summed E-state index contributed by atoms with van der Waals surface area (Å²) in [5.41, 5.74) is 0. The lowest BCUT2D eigenvalue weighted by atomic mass is 10.0. The van der Waals surface area contributed by atoms with E-state index in [4.69, 9.17) is 9.47 Å². The number of unbranched alkanes of at least 4 members (excludes halogenated alkanes) is 33. The van der Waals surface area contributed by atoms with E-state index in [1.807, 2.05) is 0 Å². The van der Waals surface area contributed by atoms with Crippen molar-refractivity contribution in [2.75, 3.05) is 13.2 Å². The van der Waals surface area contributed by atoms with E-state index in [1.54, 1.807) is 0 Å². The molecule has 1 unspecified atom stereocenters. The molecule has 1 atom stereocenters. The van der Waals surface area contributed by atoms with Gasteiger partial charge in [-0.05, 0) is 103 Å². The minimum Gasteiger partial charge on any atom is -0.462 e. The van der Waals surface area contributed by atoms with E-state index in [9.17, 15) is 14.7 Å². The van der Waals surface area contributed by atoms with Crippen molar-refractivity contribution in [1.82, 2.24) is 0 Å². The minimum absolute atomic E-state index is 0.0811. The molecule has 0 aromatic carbocycles. The van der Waals surface area contributed by atoms with E-state index in [1.165, 1.54) is 173 Å². The van der Waals surface area contributed by atoms with Crippen molar-refractivity contribution in [3.05, 3.63) is 146 Å². The summed E-state index contributed by atoms with van der Waals surface area (Å²) in [7, 11) is 0. The molecule has 0 aromatic rings. The van der Waals surface area contributed by atoms with E-state index in [-0.39, 0.29) is 25.2 Å². The number of carbonyl (C=O) groups is 2. The van der Waals surface area contributed by atoms with Crippen molar-refractivity contribution in [3.63, 3.8) is 0 Å². The number of allylic oxidation sites excluding steroid dienone is 24. The van der Waals surface area contributed by atoms with Crippen LogP contribution in [0.3, 0.4) is 0 Å². The second-order valence-corrected chi connectivity index (χ2v) is 23.6. The van der Waals surface area contributed by atoms with Crippen molar-refractivity contribution >= 4 is 11.9 Å². The molecule has 1 N–H and O–H groups in total. The SMILES string of the molecule is CC/C=C\C/C=C\C/C=C\C/C=C\C/C=C\C/C=C\C/C=C\C/C=C\C/C=C\C/C=C\C/C=C\C/C=C\CCCCCCC(=O)OC(CO)COC(=O)CCCCCCCCCCCCCCCCCCCCCCCCCCCCCCCC. The van der Waals surface area contributed by atoms with Crippen LogP contribution in [0.1, 0.15) is 328 Å². The van der Waals surface area contributed by atoms with Crippen LogP contribution in [0.5, 0.6) is 0 Å². The maximum absolute atomic E-state index is 12.4. The van der Waals surface area contributed by atoms with Crippen LogP contribution in [-0.2, 0) is 19.1 Å². The van der Waals surface area contributed by atoms with Gasteiger partial charge in [-0.1, -0.05) is 359 Å². The van der Waals surface area contributed by atoms with Crippen LogP contribution in [-0.4, -0.2) is 36.4 Å². The topological polar surface area (TPSA) is 72.8 Å². The van der Waals surface area contributed by atoms with E-state index in [0.717, 1.165) is 128 Å². The molecule has 0 spiro atoms. The molecule has 484 valence electrons. The first kappa shape index (κ1) is 80.8. The van der Waals surface area contributed by atoms with Gasteiger partial charge < -0.3 is 14.6 Å². The van der Waals surface area contributed by atoms with Gasteiger partial charge in [0.1, 0.15) is 6.61 Å². The molecular weight excluding hydrogens is 1040 g/mol. The quantitative estimate of drug-likeness (QED) is 0.0373. The van der Waals surface area contributed by atoms with Crippen molar-refractivity contribution in [3.8, 4) is 0 Å². The summed E-state index contributed by atoms with van der Waals surface area (Å²) < 4.78 is 10.7. The van der Waals surface area contributed by atoms with Gasteiger partial charge in [0.05, 0.1) is 6.61 Å². The number of hydrogen-bond donors (Lipinski definition) is 1. The largest absolute Gasteiger partial charge is 0.462 e. The van der Waals surface area contributed by atoms with Gasteiger partial charge >= 0.3 is 11.9 Å². The van der Waals surface area contributed by atoms with Crippen LogP contribution < -0.4 is 0 Å². The molecule has 0 saturated carbocycles. The third-order valence-electron chi connectivity index (χ3n) is 15.4. The molecule has 5 nitrogen and oxygen atoms in total. The van der Waals surface area contributed by atoms with E-state index < -0.39 is 6.10 Å². The Hall–Kier alpha value is -4.22. The Balaban J connectivity index is 3.58. The zero-order chi connectivity index (χ0) is 61.2. The summed E-state index contributed by atoms with van der Waals surface area (Å²) in [6.07, 6.45) is 112. The van der Waals surface area contributed by atoms with Crippen molar-refractivity contribution in [2.24, 2.45) is 0 Å². The summed E-state index contributed by atoms with van der Waals surface area (Å²) in [4.78, 5) is 24.6. The van der Waals surface area contributed by atoms with Gasteiger partial charge in [-0.2, -0.15) is 0 Å². The Morgan fingerprint density at radius 3 is 0.765 bits per heavy atom. The summed E-state index contributed by atoms with van der Waals surface area (Å²) in [5.74, 6) is -0.616. The van der Waals surface area contributed by atoms with Gasteiger partial charge in [0, 0.05) is 12.8 Å². The van der Waals surface area contributed by atoms with E-state index in [2.05, 4.69) is 160 Å². The van der Waals surface area contributed by atoms with Gasteiger partial charge in [0.25, 0.3) is 0 Å². The van der Waals surface area contributed by atoms with Gasteiger partial charge in [-0.15, -0.1) is 0 Å². The van der Waals surface area contributed by atoms with Gasteiger partial charge in [0.2, 0.25) is 0 Å². The summed E-state index contributed by atoms with van der Waals surface area (Å²) in [5, 5.41) is 9.70. The molecule has 0 aliphatic rings. The Bertz CT molecular complexity index is 1760. The van der Waals surface area contributed by atoms with Crippen LogP contribution in [0.25, 0.3) is 0 Å². The number of aliphatic hydroxyl groups is 1. The predicted molar refractivity (Wildman–Crippen MR) is 375 cm³/mol. The zero-order valence-electron chi connectivity index (χ0n) is 55.6. The molecule has 0 bridgehead atoms. The molecule has 0 saturated heterocycles. The fraction of sp³-hybridized carbons (Fsp3) is 0.675. The molecule has 0 aliphatic heterocycles. The maximum atomic E-state index is 12.4. The fourth-order valence-electron chi connectivity index (χ4n) is 10.1. The smallest absolute Gasteiger partial charge is 0.306 e. The highest BCUT2D eigenvalue weighted by atomic mass is 16.6. The van der Waals surface area contributed by atoms with Crippen LogP contribution >= 0.6 is 0 Å². The highest BCUT2D eigenvalue weighted by Crippen LogP contribution is 2.18. The summed E-state index contributed by atoms with van der Waals surface area (Å²) in [6.45, 7) is 4.04. The molecule has 5 heteroatoms. The summed E-state index contributed by atoms with van der Waals surface area (Å²) in [6, 6.07) is 0. The average Bonchev–Trinajstić information content (AvgIpc) is 3.52. The highest BCUT2D eigenvalue weighted by molar-refractivity contribution is 5.70. The van der Waals surface area contributed by atoms with Crippen LogP contribution in [0.2, 0.25) is 0 Å². The number of hydrogen-bond acceptors (Lipinski definition) is 5. The minimum atomic E-state index is -0.796. The summed E-state index contributed by atoms with van der Waals surface area (Å²) >= 11 is 0. The Morgan fingerprint density at radius 1 is 0.282 bits per heavy atom. The van der Waals surface area contributed by atoms with Crippen molar-refractivity contribution in [2.45, 2.75) is 335 Å². The molecule has 0 aliphatic carbocycles. The lowest BCUT2D eigenvalue weighted by Gasteiger charge is -2.15. The van der Waals surface area contributed by atoms with Crippen LogP contribution in [0.4, 0.5) is 0 Å². The zero-order valence-corrected chi connectivity index (χ0v) is 55.6. The lowest BCUT2D eigenvalue weighted by Crippen LogP contribution is -2.28. The molecule has 0 radical (unpaired) electrons. The van der Waals surface area contributed by atoms with Gasteiger partial charge in [-0.3, -0.25) is 9.59 Å². The standard InChI is InChI=1S/C80H134O5/c1-3-5-7-9-11-13-15-17-19-21-23-25-27-29-31-33-35-36-37-38-39-40-41-42-43-44-45-47-49-51-53-55-57-59-61-63-65-67-69-71-73-75-80(83)85-78(76-81)77-84-79(82)74-72-70-68-66-64-62-60-58-56-54-52-50-48-46-34-32-30-28-26-24-22-20-18-16-14-12-10-8-6-4-2/h5,7,11,13,17,19,23,25,29,31,35-36,38-39,41-42,44-45,49,51,55,57,61,63,78,81H,3-4,6,8-10,12,14-16,18,20-22,24,26-28,30,32-34,37,40,43,46-48,50,52-54,56,58-60,62,64-77H2,1-2H3/b7-5-,13-11-,19-17-,25-23-,31-29-,36-35-,39-38-,42-41-,45-44-,51-49-,57-55-,63-61-. The fourth-order valence-corrected chi connectivity index (χ4v) is 10.1. The van der Waals surface area contributed by atoms with Crippen molar-refractivity contribution < 1.29 is 24.2 Å². The molecule has 0 amide bonds. The number of esters is 2. The molecular formula is C80H134O5. The van der Waals surface area contributed by atoms with E-state index >= 15 is 0 Å². The number of ether oxygens (including phenoxy) is 2. The highest BCUT2D eigenvalue weighted by Gasteiger charge is 2.16. The molecule has 0 heterocycles. The van der Waals surface area contributed by atoms with Crippen LogP contribution in [0, 0.1) is 0 Å². The van der Waals surface area contributed by atoms with E-state index in [0.29, 0.717) is 12.8 Å². The average molecular weight is 1180 g/mol. The van der Waals surface area contributed by atoms with Crippen LogP contribution in [0.15, 0.2) is 146 Å². The first-order chi connectivity index (χ1) is 42.1. The van der Waals surface area contributed by atoms with Gasteiger partial charge in [0.15, 0.2) is 6.10 Å². The van der Waals surface area contributed by atoms with Gasteiger partial charge in [-0.25, -0.2) is 0 Å². The molecule has 0 rings (SSSR count). The molecule has 85 heavy (non-hydrogen) atoms. The Morgan fingerprint density at radius 2 is 0.506 bits per heavy atom. The Kier molecular flexibility index (Phi) is 70.4.